The van der Waals surface area contributed by atoms with Gasteiger partial charge in [-0.25, -0.2) is 17.2 Å². The molecule has 0 heterocycles. The van der Waals surface area contributed by atoms with Crippen molar-refractivity contribution in [1.82, 2.24) is 5.32 Å². The van der Waals surface area contributed by atoms with E-state index in [-0.39, 0.29) is 41.7 Å². The number of nitrogens with two attached hydrogens (primary N) is 2. The molecule has 6 nitrogen and oxygen atoms in total. The second-order valence-electron chi connectivity index (χ2n) is 11.5. The molecule has 5 N–H and O–H groups in total. The van der Waals surface area contributed by atoms with Gasteiger partial charge in [-0.3, -0.25) is 4.79 Å². The number of halogens is 8. The van der Waals surface area contributed by atoms with Crippen LogP contribution in [0.25, 0.3) is 0 Å². The van der Waals surface area contributed by atoms with Crippen molar-refractivity contribution in [2.45, 2.75) is 84.8 Å². The normalized spacial score (nSPS) is 24.1. The average Bonchev–Trinajstić information content (AvgIpc) is 3.25. The van der Waals surface area contributed by atoms with Gasteiger partial charge >= 0.3 is 18.0 Å². The number of aryl methyl sites for hydroxylation is 1. The quantitative estimate of drug-likeness (QED) is 0.318. The molecule has 4 rings (SSSR count). The molecule has 1 saturated carbocycles. The van der Waals surface area contributed by atoms with E-state index in [9.17, 15) is 48.3 Å². The van der Waals surface area contributed by atoms with Crippen LogP contribution in [0.2, 0.25) is 0 Å². The predicted octanol–water partition coefficient (Wildman–Crippen LogP) is 4.69. The number of nitrogens with one attached hydrogen (secondary N) is 1. The van der Waals surface area contributed by atoms with E-state index in [0.717, 1.165) is 30.3 Å². The smallest absolute Gasteiger partial charge is 0.352 e. The van der Waals surface area contributed by atoms with Gasteiger partial charge in [-0.15, -0.1) is 0 Å². The van der Waals surface area contributed by atoms with Crippen LogP contribution in [0.15, 0.2) is 47.4 Å². The highest BCUT2D eigenvalue weighted by atomic mass is 32.2. The fourth-order valence-corrected chi connectivity index (χ4v) is 8.63. The third kappa shape index (κ3) is 4.86. The summed E-state index contributed by atoms with van der Waals surface area (Å²) in [5, 5.41) is 2.72. The molecule has 42 heavy (non-hydrogen) atoms. The summed E-state index contributed by atoms with van der Waals surface area (Å²) in [6, 6.07) is 3.26. The zero-order valence-corrected chi connectivity index (χ0v) is 23.2. The van der Waals surface area contributed by atoms with Gasteiger partial charge in [-0.1, -0.05) is 18.2 Å². The lowest BCUT2D eigenvalue weighted by molar-refractivity contribution is -0.348. The van der Waals surface area contributed by atoms with Crippen LogP contribution in [0.4, 0.5) is 35.1 Å². The lowest BCUT2D eigenvalue weighted by Gasteiger charge is -2.43. The Balaban J connectivity index is 1.89. The van der Waals surface area contributed by atoms with Crippen molar-refractivity contribution < 1.29 is 48.3 Å². The summed E-state index contributed by atoms with van der Waals surface area (Å²) in [6.45, 7) is 3.02. The molecule has 0 bridgehead atoms. The maximum atomic E-state index is 14.9. The highest BCUT2D eigenvalue weighted by Crippen LogP contribution is 2.59. The van der Waals surface area contributed by atoms with Crippen molar-refractivity contribution in [2.75, 3.05) is 0 Å². The first kappa shape index (κ1) is 32.1. The van der Waals surface area contributed by atoms with E-state index in [4.69, 9.17) is 11.5 Å². The van der Waals surface area contributed by atoms with Gasteiger partial charge in [-0.2, -0.15) is 26.3 Å². The molecule has 2 aliphatic carbocycles. The molecule has 0 aliphatic heterocycles. The topological polar surface area (TPSA) is 115 Å². The van der Waals surface area contributed by atoms with Crippen LogP contribution in [-0.2, 0) is 31.5 Å². The van der Waals surface area contributed by atoms with Gasteiger partial charge in [0.15, 0.2) is 9.84 Å². The molecule has 0 spiro atoms. The Kier molecular flexibility index (Phi) is 7.77. The van der Waals surface area contributed by atoms with Crippen LogP contribution in [0.5, 0.6) is 0 Å². The van der Waals surface area contributed by atoms with Crippen LogP contribution >= 0.6 is 0 Å². The second-order valence-corrected chi connectivity index (χ2v) is 13.7. The molecule has 2 aromatic rings. The van der Waals surface area contributed by atoms with Crippen molar-refractivity contribution in [2.24, 2.45) is 17.4 Å². The number of alkyl halides is 7. The monoisotopic (exact) mass is 627 g/mol. The zero-order chi connectivity index (χ0) is 31.7. The van der Waals surface area contributed by atoms with Crippen molar-refractivity contribution in [3.8, 4) is 0 Å². The number of carbonyl (C=O) groups excluding carboxylic acids is 1. The van der Waals surface area contributed by atoms with Gasteiger partial charge in [0, 0.05) is 23.1 Å². The Labute approximate surface area is 236 Å². The minimum atomic E-state index is -6.35. The van der Waals surface area contributed by atoms with Crippen molar-refractivity contribution in [3.05, 3.63) is 65.0 Å². The van der Waals surface area contributed by atoms with Crippen LogP contribution in [0.1, 0.15) is 49.8 Å². The molecule has 1 fully saturated rings. The van der Waals surface area contributed by atoms with E-state index >= 15 is 0 Å². The number of hydrogen-bond donors (Lipinski definition) is 3. The first-order chi connectivity index (χ1) is 19.1. The van der Waals surface area contributed by atoms with Crippen molar-refractivity contribution >= 4 is 15.7 Å². The van der Waals surface area contributed by atoms with Crippen LogP contribution in [0.3, 0.4) is 0 Å². The van der Waals surface area contributed by atoms with E-state index < -0.39 is 73.4 Å². The summed E-state index contributed by atoms with van der Waals surface area (Å²) in [5.41, 5.74) is 3.00. The number of carbonyl (C=O) groups is 1. The summed E-state index contributed by atoms with van der Waals surface area (Å²) >= 11 is 0. The lowest BCUT2D eigenvalue weighted by atomic mass is 9.73. The zero-order valence-electron chi connectivity index (χ0n) is 22.4. The largest absolute Gasteiger partial charge is 0.435 e. The standard InChI is InChI=1S/C27H29F8N3O3S/c1-23(2,37)21(36)22(39)38-20-11-12-24(42(40,41)17-7-5-16(28)6-8-17)18-10-4-15(13-14(18)3-9-19(20)24)25(29,26(30,31)32)27(33,34)35/h4-8,10,13,19-21H,3,9,11-12,36-37H2,1-2H3,(H,38,39)/t19-,20+,21+,24+/m0/s1. The first-order valence-electron chi connectivity index (χ1n) is 12.9. The SMILES string of the molecule is CC(C)(N)[C@H](N)C(=O)N[C@@H]1CC[C@@]2(S(=O)(=O)c3ccc(F)cc3)c3ccc(C(F)(C(F)(F)F)C(F)(F)F)cc3CC[C@@H]12. The van der Waals surface area contributed by atoms with Gasteiger partial charge in [0.1, 0.15) is 16.6 Å². The Morgan fingerprint density at radius 1 is 0.976 bits per heavy atom. The van der Waals surface area contributed by atoms with Gasteiger partial charge in [0.25, 0.3) is 0 Å². The molecule has 232 valence electrons. The third-order valence-electron chi connectivity index (χ3n) is 8.39. The van der Waals surface area contributed by atoms with Crippen molar-refractivity contribution in [1.29, 1.82) is 0 Å². The van der Waals surface area contributed by atoms with Gasteiger partial charge < -0.3 is 16.8 Å². The molecule has 0 aromatic heterocycles. The molecule has 4 atom stereocenters. The number of amides is 1. The molecular weight excluding hydrogens is 598 g/mol. The Morgan fingerprint density at radius 2 is 1.55 bits per heavy atom. The highest BCUT2D eigenvalue weighted by molar-refractivity contribution is 7.92. The molecule has 15 heteroatoms. The fourth-order valence-electron chi connectivity index (χ4n) is 6.16. The number of sulfone groups is 1. The Bertz CT molecular complexity index is 1460. The summed E-state index contributed by atoms with van der Waals surface area (Å²) in [5.74, 6) is -2.34. The van der Waals surface area contributed by atoms with Crippen LogP contribution in [-0.4, -0.2) is 44.3 Å². The molecule has 2 aliphatic rings. The first-order valence-corrected chi connectivity index (χ1v) is 14.4. The average molecular weight is 628 g/mol. The minimum Gasteiger partial charge on any atom is -0.352 e. The number of rotatable bonds is 6. The van der Waals surface area contributed by atoms with E-state index in [1.54, 1.807) is 0 Å². The molecule has 0 saturated heterocycles. The van der Waals surface area contributed by atoms with Crippen LogP contribution in [0, 0.1) is 11.7 Å². The van der Waals surface area contributed by atoms with Gasteiger partial charge in [-0.05, 0) is 74.9 Å². The summed E-state index contributed by atoms with van der Waals surface area (Å²) in [4.78, 5) is 12.6. The fraction of sp³-hybridized carbons (Fsp3) is 0.519. The van der Waals surface area contributed by atoms with Gasteiger partial charge in [0.05, 0.1) is 4.90 Å². The molecule has 0 radical (unpaired) electrons. The number of fused-ring (bicyclic) bond motifs is 3. The summed E-state index contributed by atoms with van der Waals surface area (Å²) in [6.07, 6.45) is -13.2. The van der Waals surface area contributed by atoms with E-state index in [1.807, 2.05) is 0 Å². The summed E-state index contributed by atoms with van der Waals surface area (Å²) in [7, 11) is -4.53. The molecule has 0 unspecified atom stereocenters. The second kappa shape index (κ2) is 10.2. The number of hydrogen-bond acceptors (Lipinski definition) is 5. The van der Waals surface area contributed by atoms with E-state index in [1.165, 1.54) is 13.8 Å². The molecular formula is C27H29F8N3O3S. The summed E-state index contributed by atoms with van der Waals surface area (Å²) < 4.78 is 136. The highest BCUT2D eigenvalue weighted by Gasteiger charge is 2.73. The Morgan fingerprint density at radius 3 is 2.07 bits per heavy atom. The van der Waals surface area contributed by atoms with Crippen LogP contribution < -0.4 is 16.8 Å². The predicted molar refractivity (Wildman–Crippen MR) is 136 cm³/mol. The molecule has 2 aromatic carbocycles. The number of benzene rings is 2. The minimum absolute atomic E-state index is 0.0495. The molecule has 1 amide bonds. The maximum Gasteiger partial charge on any atom is 0.435 e. The van der Waals surface area contributed by atoms with E-state index in [0.29, 0.717) is 12.1 Å². The van der Waals surface area contributed by atoms with Gasteiger partial charge in [0.2, 0.25) is 5.91 Å². The Hall–Kier alpha value is -2.78. The third-order valence-corrected chi connectivity index (χ3v) is 11.0. The van der Waals surface area contributed by atoms with Crippen molar-refractivity contribution in [3.63, 3.8) is 0 Å². The van der Waals surface area contributed by atoms with E-state index in [2.05, 4.69) is 5.32 Å². The maximum absolute atomic E-state index is 14.9. The lowest BCUT2D eigenvalue weighted by Crippen LogP contribution is -2.60.